The van der Waals surface area contributed by atoms with Gasteiger partial charge in [-0.15, -0.1) is 0 Å². The van der Waals surface area contributed by atoms with Crippen molar-refractivity contribution in [3.05, 3.63) is 24.3 Å². The van der Waals surface area contributed by atoms with E-state index in [0.717, 1.165) is 50.1 Å². The van der Waals surface area contributed by atoms with Crippen LogP contribution in [0.25, 0.3) is 0 Å². The first-order valence-corrected chi connectivity index (χ1v) is 8.01. The molecule has 0 aromatic heterocycles. The van der Waals surface area contributed by atoms with Gasteiger partial charge in [0.05, 0.1) is 7.11 Å². The highest BCUT2D eigenvalue weighted by molar-refractivity contribution is 5.89. The second-order valence-corrected chi connectivity index (χ2v) is 6.17. The monoisotopic (exact) mass is 305 g/mol. The third-order valence-corrected chi connectivity index (χ3v) is 4.00. The number of nitrogens with one attached hydrogen (secondary N) is 1. The predicted octanol–water partition coefficient (Wildman–Crippen LogP) is 2.89. The number of rotatable bonds is 5. The van der Waals surface area contributed by atoms with Gasteiger partial charge in [0.2, 0.25) is 0 Å². The molecule has 0 aliphatic carbocycles. The lowest BCUT2D eigenvalue weighted by atomic mass is 10.1. The summed E-state index contributed by atoms with van der Waals surface area (Å²) in [5, 5.41) is 2.94. The third-order valence-electron chi connectivity index (χ3n) is 4.00. The maximum absolute atomic E-state index is 12.3. The number of hydrogen-bond acceptors (Lipinski definition) is 3. The van der Waals surface area contributed by atoms with Crippen molar-refractivity contribution < 1.29 is 9.53 Å². The molecule has 2 amide bonds. The van der Waals surface area contributed by atoms with Crippen LogP contribution < -0.4 is 10.1 Å². The van der Waals surface area contributed by atoms with Crippen LogP contribution in [0, 0.1) is 5.92 Å². The molecule has 122 valence electrons. The Labute approximate surface area is 133 Å². The number of carbonyl (C=O) groups excluding carboxylic acids is 1. The second-order valence-electron chi connectivity index (χ2n) is 6.17. The number of benzene rings is 1. The number of anilines is 1. The minimum atomic E-state index is -0.0308. The molecule has 2 rings (SSSR count). The molecule has 1 N–H and O–H groups in total. The summed E-state index contributed by atoms with van der Waals surface area (Å²) in [5.74, 6) is 1.48. The Hall–Kier alpha value is -1.75. The third kappa shape index (κ3) is 4.91. The SMILES string of the molecule is COc1cccc(NC(=O)N2CCN(CCC(C)C)CC2)c1. The van der Waals surface area contributed by atoms with Crippen LogP contribution in [0.2, 0.25) is 0 Å². The minimum Gasteiger partial charge on any atom is -0.497 e. The highest BCUT2D eigenvalue weighted by Gasteiger charge is 2.21. The van der Waals surface area contributed by atoms with E-state index in [9.17, 15) is 4.79 Å². The minimum absolute atomic E-state index is 0.0308. The van der Waals surface area contributed by atoms with E-state index in [-0.39, 0.29) is 6.03 Å². The molecule has 0 saturated carbocycles. The van der Waals surface area contributed by atoms with Crippen LogP contribution in [0.5, 0.6) is 5.75 Å². The van der Waals surface area contributed by atoms with E-state index in [1.807, 2.05) is 29.2 Å². The number of methoxy groups -OCH3 is 1. The second kappa shape index (κ2) is 8.03. The molecule has 0 unspecified atom stereocenters. The van der Waals surface area contributed by atoms with Crippen molar-refractivity contribution >= 4 is 11.7 Å². The highest BCUT2D eigenvalue weighted by Crippen LogP contribution is 2.17. The zero-order valence-electron chi connectivity index (χ0n) is 13.8. The Morgan fingerprint density at radius 1 is 1.27 bits per heavy atom. The van der Waals surface area contributed by atoms with Crippen molar-refractivity contribution in [3.63, 3.8) is 0 Å². The molecular formula is C17H27N3O2. The van der Waals surface area contributed by atoms with Crippen LogP contribution in [-0.4, -0.2) is 55.7 Å². The van der Waals surface area contributed by atoms with Crippen molar-refractivity contribution in [1.29, 1.82) is 0 Å². The first-order valence-electron chi connectivity index (χ1n) is 8.01. The van der Waals surface area contributed by atoms with Crippen molar-refractivity contribution in [2.75, 3.05) is 45.2 Å². The molecule has 1 heterocycles. The zero-order valence-corrected chi connectivity index (χ0v) is 13.8. The van der Waals surface area contributed by atoms with Crippen LogP contribution in [0.15, 0.2) is 24.3 Å². The van der Waals surface area contributed by atoms with Crippen molar-refractivity contribution in [2.45, 2.75) is 20.3 Å². The molecule has 1 aliphatic heterocycles. The summed E-state index contributed by atoms with van der Waals surface area (Å²) in [7, 11) is 1.62. The highest BCUT2D eigenvalue weighted by atomic mass is 16.5. The van der Waals surface area contributed by atoms with Crippen LogP contribution in [0.4, 0.5) is 10.5 Å². The van der Waals surface area contributed by atoms with E-state index in [1.165, 1.54) is 6.42 Å². The van der Waals surface area contributed by atoms with Gasteiger partial charge in [0.15, 0.2) is 0 Å². The molecule has 22 heavy (non-hydrogen) atoms. The fourth-order valence-corrected chi connectivity index (χ4v) is 2.52. The number of amides is 2. The standard InChI is InChI=1S/C17H27N3O2/c1-14(2)7-8-19-9-11-20(12-10-19)17(21)18-15-5-4-6-16(13-15)22-3/h4-6,13-14H,7-12H2,1-3H3,(H,18,21). The molecule has 0 spiro atoms. The Balaban J connectivity index is 1.79. The molecule has 1 fully saturated rings. The summed E-state index contributed by atoms with van der Waals surface area (Å²) in [6.07, 6.45) is 1.22. The number of carbonyl (C=O) groups is 1. The quantitative estimate of drug-likeness (QED) is 0.910. The Morgan fingerprint density at radius 3 is 2.64 bits per heavy atom. The normalized spacial score (nSPS) is 15.9. The molecule has 5 heteroatoms. The van der Waals surface area contributed by atoms with Gasteiger partial charge in [0.1, 0.15) is 5.75 Å². The van der Waals surface area contributed by atoms with Gasteiger partial charge in [0, 0.05) is 37.9 Å². The number of hydrogen-bond donors (Lipinski definition) is 1. The molecule has 1 saturated heterocycles. The molecule has 0 atom stereocenters. The number of piperazine rings is 1. The van der Waals surface area contributed by atoms with Gasteiger partial charge in [-0.25, -0.2) is 4.79 Å². The Bertz CT molecular complexity index is 483. The summed E-state index contributed by atoms with van der Waals surface area (Å²) < 4.78 is 5.17. The average Bonchev–Trinajstić information content (AvgIpc) is 2.53. The first-order chi connectivity index (χ1) is 10.6. The zero-order chi connectivity index (χ0) is 15.9. The van der Waals surface area contributed by atoms with Gasteiger partial charge in [-0.1, -0.05) is 19.9 Å². The largest absolute Gasteiger partial charge is 0.497 e. The van der Waals surface area contributed by atoms with Gasteiger partial charge in [0.25, 0.3) is 0 Å². The molecule has 1 aromatic rings. The average molecular weight is 305 g/mol. The molecule has 0 bridgehead atoms. The van der Waals surface area contributed by atoms with Crippen LogP contribution in [-0.2, 0) is 0 Å². The Morgan fingerprint density at radius 2 is 2.00 bits per heavy atom. The molecule has 0 radical (unpaired) electrons. The van der Waals surface area contributed by atoms with E-state index in [2.05, 4.69) is 24.1 Å². The maximum atomic E-state index is 12.3. The lowest BCUT2D eigenvalue weighted by Crippen LogP contribution is -2.50. The lowest BCUT2D eigenvalue weighted by molar-refractivity contribution is 0.143. The fourth-order valence-electron chi connectivity index (χ4n) is 2.52. The van der Waals surface area contributed by atoms with E-state index in [1.54, 1.807) is 7.11 Å². The van der Waals surface area contributed by atoms with Gasteiger partial charge < -0.3 is 15.0 Å². The van der Waals surface area contributed by atoms with Crippen molar-refractivity contribution in [2.24, 2.45) is 5.92 Å². The number of urea groups is 1. The van der Waals surface area contributed by atoms with Crippen molar-refractivity contribution in [3.8, 4) is 5.75 Å². The predicted molar refractivity (Wildman–Crippen MR) is 89.5 cm³/mol. The van der Waals surface area contributed by atoms with E-state index < -0.39 is 0 Å². The Kier molecular flexibility index (Phi) is 6.07. The van der Waals surface area contributed by atoms with Crippen LogP contribution in [0.1, 0.15) is 20.3 Å². The summed E-state index contributed by atoms with van der Waals surface area (Å²) in [5.41, 5.74) is 0.770. The van der Waals surface area contributed by atoms with Crippen LogP contribution >= 0.6 is 0 Å². The van der Waals surface area contributed by atoms with Gasteiger partial charge in [-0.05, 0) is 31.0 Å². The smallest absolute Gasteiger partial charge is 0.321 e. The van der Waals surface area contributed by atoms with Crippen LogP contribution in [0.3, 0.4) is 0 Å². The first kappa shape index (κ1) is 16.6. The van der Waals surface area contributed by atoms with Gasteiger partial charge >= 0.3 is 6.03 Å². The molecule has 1 aromatic carbocycles. The summed E-state index contributed by atoms with van der Waals surface area (Å²) in [6.45, 7) is 9.11. The molecular weight excluding hydrogens is 278 g/mol. The van der Waals surface area contributed by atoms with E-state index in [0.29, 0.717) is 0 Å². The summed E-state index contributed by atoms with van der Waals surface area (Å²) >= 11 is 0. The van der Waals surface area contributed by atoms with E-state index >= 15 is 0 Å². The lowest BCUT2D eigenvalue weighted by Gasteiger charge is -2.35. The summed E-state index contributed by atoms with van der Waals surface area (Å²) in [6, 6.07) is 7.41. The molecule has 1 aliphatic rings. The van der Waals surface area contributed by atoms with E-state index in [4.69, 9.17) is 4.74 Å². The maximum Gasteiger partial charge on any atom is 0.321 e. The molecule has 5 nitrogen and oxygen atoms in total. The fraction of sp³-hybridized carbons (Fsp3) is 0.588. The summed E-state index contributed by atoms with van der Waals surface area (Å²) in [4.78, 5) is 16.6. The van der Waals surface area contributed by atoms with Gasteiger partial charge in [-0.2, -0.15) is 0 Å². The van der Waals surface area contributed by atoms with Gasteiger partial charge in [-0.3, -0.25) is 4.90 Å². The topological polar surface area (TPSA) is 44.8 Å². The number of ether oxygens (including phenoxy) is 1. The van der Waals surface area contributed by atoms with Crippen molar-refractivity contribution in [1.82, 2.24) is 9.80 Å². The number of nitrogens with zero attached hydrogens (tertiary/aromatic N) is 2.